The molecule has 1 unspecified atom stereocenters. The second kappa shape index (κ2) is 8.84. The Balaban J connectivity index is 1.62. The van der Waals surface area contributed by atoms with Crippen LogP contribution in [0, 0.1) is 13.8 Å². The number of nitrogens with zero attached hydrogens (tertiary/aromatic N) is 6. The molecule has 0 saturated heterocycles. The number of rotatable bonds is 7. The predicted molar refractivity (Wildman–Crippen MR) is 113 cm³/mol. The Hall–Kier alpha value is -3.92. The number of aryl methyl sites for hydroxylation is 2. The number of pyridine rings is 2. The maximum atomic E-state index is 12.7. The molecule has 0 bridgehead atoms. The van der Waals surface area contributed by atoms with Crippen molar-refractivity contribution in [1.29, 1.82) is 0 Å². The van der Waals surface area contributed by atoms with E-state index in [2.05, 4.69) is 30.4 Å². The number of hydrogen-bond donors (Lipinski definition) is 2. The van der Waals surface area contributed by atoms with Crippen molar-refractivity contribution in [3.8, 4) is 11.7 Å². The molecule has 10 heteroatoms. The van der Waals surface area contributed by atoms with E-state index in [9.17, 15) is 9.90 Å². The highest BCUT2D eigenvalue weighted by atomic mass is 16.5. The molecule has 1 atom stereocenters. The van der Waals surface area contributed by atoms with Crippen LogP contribution in [0.4, 0.5) is 5.82 Å². The molecule has 10 nitrogen and oxygen atoms in total. The Kier molecular flexibility index (Phi) is 5.80. The first-order valence-corrected chi connectivity index (χ1v) is 9.68. The highest BCUT2D eigenvalue weighted by molar-refractivity contribution is 5.94. The molecule has 158 valence electrons. The zero-order chi connectivity index (χ0) is 21.8. The fraction of sp³-hybridized carbons (Fsp3) is 0.238. The van der Waals surface area contributed by atoms with E-state index in [4.69, 9.17) is 4.74 Å². The molecule has 4 aromatic heterocycles. The second-order valence-electron chi connectivity index (χ2n) is 6.95. The fourth-order valence-corrected chi connectivity index (χ4v) is 3.01. The minimum absolute atomic E-state index is 0.0800. The predicted octanol–water partition coefficient (Wildman–Crippen LogP) is 1.99. The van der Waals surface area contributed by atoms with Crippen LogP contribution in [0.2, 0.25) is 0 Å². The van der Waals surface area contributed by atoms with E-state index in [1.54, 1.807) is 29.3 Å². The van der Waals surface area contributed by atoms with E-state index in [1.165, 1.54) is 6.33 Å². The summed E-state index contributed by atoms with van der Waals surface area (Å²) in [6.07, 6.45) is 5.33. The van der Waals surface area contributed by atoms with Crippen LogP contribution >= 0.6 is 0 Å². The molecule has 4 heterocycles. The summed E-state index contributed by atoms with van der Waals surface area (Å²) >= 11 is 0. The van der Waals surface area contributed by atoms with Gasteiger partial charge in [0.15, 0.2) is 17.6 Å². The zero-order valence-corrected chi connectivity index (χ0v) is 17.1. The summed E-state index contributed by atoms with van der Waals surface area (Å²) in [6, 6.07) is 7.31. The van der Waals surface area contributed by atoms with Crippen LogP contribution in [-0.2, 0) is 4.79 Å². The van der Waals surface area contributed by atoms with Gasteiger partial charge < -0.3 is 15.2 Å². The van der Waals surface area contributed by atoms with Crippen molar-refractivity contribution >= 4 is 22.8 Å². The van der Waals surface area contributed by atoms with Crippen LogP contribution in [0.15, 0.2) is 49.2 Å². The Morgan fingerprint density at radius 1 is 1.16 bits per heavy atom. The van der Waals surface area contributed by atoms with Crippen LogP contribution in [0.25, 0.3) is 16.9 Å². The summed E-state index contributed by atoms with van der Waals surface area (Å²) in [6.45, 7) is 3.60. The largest absolute Gasteiger partial charge is 0.464 e. The number of aliphatic hydroxyl groups is 1. The molecule has 4 aromatic rings. The Bertz CT molecular complexity index is 1210. The van der Waals surface area contributed by atoms with Gasteiger partial charge in [-0.05, 0) is 37.1 Å². The van der Waals surface area contributed by atoms with E-state index < -0.39 is 12.0 Å². The first-order valence-electron chi connectivity index (χ1n) is 9.68. The number of nitrogens with one attached hydrogen (secondary N) is 1. The van der Waals surface area contributed by atoms with Crippen molar-refractivity contribution in [2.75, 3.05) is 11.9 Å². The number of aromatic nitrogens is 6. The van der Waals surface area contributed by atoms with Crippen molar-refractivity contribution in [3.05, 3.63) is 60.3 Å². The van der Waals surface area contributed by atoms with Gasteiger partial charge in [0.05, 0.1) is 6.20 Å². The molecular weight excluding hydrogens is 398 g/mol. The normalized spacial score (nSPS) is 12.0. The summed E-state index contributed by atoms with van der Waals surface area (Å²) in [5.74, 6) is 0.783. The third-order valence-corrected chi connectivity index (χ3v) is 4.61. The lowest BCUT2D eigenvalue weighted by atomic mass is 10.2. The van der Waals surface area contributed by atoms with E-state index in [1.807, 2.05) is 32.0 Å². The van der Waals surface area contributed by atoms with Gasteiger partial charge in [-0.15, -0.1) is 0 Å². The molecule has 0 aromatic carbocycles. The maximum absolute atomic E-state index is 12.7. The topological polar surface area (TPSA) is 128 Å². The van der Waals surface area contributed by atoms with Crippen molar-refractivity contribution < 1.29 is 14.6 Å². The van der Waals surface area contributed by atoms with Gasteiger partial charge in [-0.3, -0.25) is 4.79 Å². The van der Waals surface area contributed by atoms with Crippen molar-refractivity contribution in [2.24, 2.45) is 0 Å². The minimum Gasteiger partial charge on any atom is -0.464 e. The molecule has 31 heavy (non-hydrogen) atoms. The van der Waals surface area contributed by atoms with Gasteiger partial charge in [0.2, 0.25) is 5.88 Å². The third kappa shape index (κ3) is 4.33. The standard InChI is InChI=1S/C21H21N7O3/c1-13-5-6-17(23-10-13)27-20(30)16(7-9-29)31-21-15-11-26-28(19(15)24-12-25-21)18-14(2)4-3-8-22-18/h3-6,8,10-12,16,29H,7,9H2,1-2H3,(H,23,27,30). The summed E-state index contributed by atoms with van der Waals surface area (Å²) < 4.78 is 7.47. The van der Waals surface area contributed by atoms with Crippen molar-refractivity contribution in [1.82, 2.24) is 29.7 Å². The van der Waals surface area contributed by atoms with Gasteiger partial charge in [-0.1, -0.05) is 12.1 Å². The molecule has 0 spiro atoms. The molecular formula is C21H21N7O3. The van der Waals surface area contributed by atoms with Crippen LogP contribution in [0.5, 0.6) is 5.88 Å². The molecule has 0 saturated carbocycles. The van der Waals surface area contributed by atoms with Crippen LogP contribution < -0.4 is 10.1 Å². The molecule has 0 aliphatic heterocycles. The fourth-order valence-electron chi connectivity index (χ4n) is 3.01. The van der Waals surface area contributed by atoms with Crippen LogP contribution in [0.3, 0.4) is 0 Å². The van der Waals surface area contributed by atoms with Crippen molar-refractivity contribution in [2.45, 2.75) is 26.4 Å². The number of carbonyl (C=O) groups is 1. The van der Waals surface area contributed by atoms with Crippen LogP contribution in [-0.4, -0.2) is 53.4 Å². The lowest BCUT2D eigenvalue weighted by Crippen LogP contribution is -2.34. The maximum Gasteiger partial charge on any atom is 0.266 e. The number of aliphatic hydroxyl groups excluding tert-OH is 1. The average molecular weight is 419 g/mol. The monoisotopic (exact) mass is 419 g/mol. The molecule has 0 radical (unpaired) electrons. The van der Waals surface area contributed by atoms with Gasteiger partial charge in [-0.25, -0.2) is 19.9 Å². The number of amides is 1. The lowest BCUT2D eigenvalue weighted by Gasteiger charge is -2.17. The second-order valence-corrected chi connectivity index (χ2v) is 6.95. The third-order valence-electron chi connectivity index (χ3n) is 4.61. The Morgan fingerprint density at radius 2 is 2.03 bits per heavy atom. The summed E-state index contributed by atoms with van der Waals surface area (Å²) in [4.78, 5) is 29.7. The molecule has 2 N–H and O–H groups in total. The van der Waals surface area contributed by atoms with Crippen LogP contribution in [0.1, 0.15) is 17.5 Å². The van der Waals surface area contributed by atoms with Crippen molar-refractivity contribution in [3.63, 3.8) is 0 Å². The quantitative estimate of drug-likeness (QED) is 0.465. The van der Waals surface area contributed by atoms with E-state index in [0.717, 1.165) is 11.1 Å². The number of carbonyl (C=O) groups excluding carboxylic acids is 1. The SMILES string of the molecule is Cc1ccc(NC(=O)C(CCO)Oc2ncnc3c2cnn3-c2ncccc2C)nc1. The number of ether oxygens (including phenoxy) is 1. The summed E-state index contributed by atoms with van der Waals surface area (Å²) in [5.41, 5.74) is 2.40. The van der Waals surface area contributed by atoms with Gasteiger partial charge in [-0.2, -0.15) is 9.78 Å². The van der Waals surface area contributed by atoms with Gasteiger partial charge >= 0.3 is 0 Å². The molecule has 4 rings (SSSR count). The van der Waals surface area contributed by atoms with Gasteiger partial charge in [0, 0.05) is 25.4 Å². The molecule has 1 amide bonds. The van der Waals surface area contributed by atoms with E-state index >= 15 is 0 Å². The first-order chi connectivity index (χ1) is 15.1. The Morgan fingerprint density at radius 3 is 2.77 bits per heavy atom. The number of fused-ring (bicyclic) bond motifs is 1. The summed E-state index contributed by atoms with van der Waals surface area (Å²) in [5, 5.41) is 17.0. The highest BCUT2D eigenvalue weighted by Gasteiger charge is 2.23. The zero-order valence-electron chi connectivity index (χ0n) is 17.1. The number of anilines is 1. The highest BCUT2D eigenvalue weighted by Crippen LogP contribution is 2.25. The minimum atomic E-state index is -0.980. The average Bonchev–Trinajstić information content (AvgIpc) is 3.20. The van der Waals surface area contributed by atoms with E-state index in [0.29, 0.717) is 22.7 Å². The van der Waals surface area contributed by atoms with E-state index in [-0.39, 0.29) is 18.9 Å². The Labute approximate surface area is 178 Å². The number of hydrogen-bond acceptors (Lipinski definition) is 8. The first kappa shape index (κ1) is 20.4. The molecule has 0 fully saturated rings. The molecule has 0 aliphatic rings. The smallest absolute Gasteiger partial charge is 0.266 e. The van der Waals surface area contributed by atoms with Gasteiger partial charge in [0.25, 0.3) is 5.91 Å². The summed E-state index contributed by atoms with van der Waals surface area (Å²) in [7, 11) is 0. The lowest BCUT2D eigenvalue weighted by molar-refractivity contribution is -0.123. The molecule has 0 aliphatic carbocycles. The van der Waals surface area contributed by atoms with Gasteiger partial charge in [0.1, 0.15) is 17.5 Å².